The highest BCUT2D eigenvalue weighted by Crippen LogP contribution is 2.00. The highest BCUT2D eigenvalue weighted by atomic mass is 32.1. The fourth-order valence-corrected chi connectivity index (χ4v) is 2.37. The summed E-state index contributed by atoms with van der Waals surface area (Å²) in [7, 11) is 0. The van der Waals surface area contributed by atoms with Crippen molar-refractivity contribution in [2.45, 2.75) is 37.0 Å². The van der Waals surface area contributed by atoms with E-state index in [1.807, 2.05) is 5.32 Å². The van der Waals surface area contributed by atoms with Gasteiger partial charge in [0.1, 0.15) is 18.1 Å². The van der Waals surface area contributed by atoms with Crippen molar-refractivity contribution in [1.82, 2.24) is 16.0 Å². The number of rotatable bonds is 13. The molecular formula is C14H22N4O9S2. The molecule has 4 atom stereocenters. The first kappa shape index (κ1) is 26.5. The summed E-state index contributed by atoms with van der Waals surface area (Å²) in [6, 6.07) is -5.90. The Morgan fingerprint density at radius 2 is 1.10 bits per heavy atom. The summed E-state index contributed by atoms with van der Waals surface area (Å²) in [4.78, 5) is 68.9. The zero-order chi connectivity index (χ0) is 22.7. The van der Waals surface area contributed by atoms with Gasteiger partial charge in [-0.3, -0.25) is 24.0 Å². The summed E-state index contributed by atoms with van der Waals surface area (Å²) in [5.74, 6) is -7.80. The summed E-state index contributed by atoms with van der Waals surface area (Å²) in [6.07, 6.45) is -1.64. The Morgan fingerprint density at radius 1 is 0.690 bits per heavy atom. The van der Waals surface area contributed by atoms with Crippen LogP contribution in [0.15, 0.2) is 0 Å². The molecule has 0 aromatic heterocycles. The minimum atomic E-state index is -1.67. The number of carbonyl (C=O) groups excluding carboxylic acids is 3. The van der Waals surface area contributed by atoms with Crippen molar-refractivity contribution in [3.05, 3.63) is 0 Å². The lowest BCUT2D eigenvalue weighted by Gasteiger charge is -2.23. The molecule has 0 heterocycles. The van der Waals surface area contributed by atoms with E-state index in [0.717, 1.165) is 0 Å². The molecule has 0 saturated carbocycles. The predicted molar refractivity (Wildman–Crippen MR) is 104 cm³/mol. The third-order valence-corrected chi connectivity index (χ3v) is 4.09. The van der Waals surface area contributed by atoms with Gasteiger partial charge >= 0.3 is 17.9 Å². The summed E-state index contributed by atoms with van der Waals surface area (Å²) >= 11 is 7.66. The first-order chi connectivity index (χ1) is 13.4. The van der Waals surface area contributed by atoms with Crippen LogP contribution in [0.2, 0.25) is 0 Å². The lowest BCUT2D eigenvalue weighted by Crippen LogP contribution is -2.58. The van der Waals surface area contributed by atoms with Gasteiger partial charge in [0, 0.05) is 11.5 Å². The molecule has 0 aliphatic carbocycles. The molecule has 0 radical (unpaired) electrons. The van der Waals surface area contributed by atoms with Crippen LogP contribution < -0.4 is 21.7 Å². The summed E-state index contributed by atoms with van der Waals surface area (Å²) < 4.78 is 0. The van der Waals surface area contributed by atoms with Crippen molar-refractivity contribution >= 4 is 60.9 Å². The van der Waals surface area contributed by atoms with Crippen molar-refractivity contribution in [2.24, 2.45) is 5.73 Å². The number of carboxylic acids is 3. The smallest absolute Gasteiger partial charge is 0.327 e. The van der Waals surface area contributed by atoms with Gasteiger partial charge in [0.05, 0.1) is 18.9 Å². The van der Waals surface area contributed by atoms with E-state index in [1.165, 1.54) is 0 Å². The Labute approximate surface area is 175 Å². The van der Waals surface area contributed by atoms with Crippen molar-refractivity contribution in [2.75, 3.05) is 11.5 Å². The van der Waals surface area contributed by atoms with Crippen molar-refractivity contribution < 1.29 is 44.1 Å². The summed E-state index contributed by atoms with van der Waals surface area (Å²) in [6.45, 7) is 0. The molecule has 4 unspecified atom stereocenters. The van der Waals surface area contributed by atoms with E-state index in [1.54, 1.807) is 0 Å². The van der Waals surface area contributed by atoms with Gasteiger partial charge in [0.15, 0.2) is 0 Å². The molecule has 29 heavy (non-hydrogen) atoms. The van der Waals surface area contributed by atoms with E-state index in [9.17, 15) is 28.8 Å². The number of nitrogens with one attached hydrogen (secondary N) is 3. The third-order valence-electron chi connectivity index (χ3n) is 3.36. The number of carbonyl (C=O) groups is 6. The molecule has 164 valence electrons. The number of aliphatic carboxylic acids is 3. The standard InChI is InChI=1S/C14H22N4O9S2/c15-5(1-9(19)20)11(23)16-6(2-10(21)22)12(24)17-7(3-28)13(25)18-8(4-29)14(26)27/h5-8,28-29H,1-4,15H2,(H,16,23)(H,17,24)(H,18,25)(H,19,20)(H,21,22)(H,26,27). The lowest BCUT2D eigenvalue weighted by molar-refractivity contribution is -0.143. The van der Waals surface area contributed by atoms with Crippen molar-refractivity contribution in [1.29, 1.82) is 0 Å². The molecule has 0 bridgehead atoms. The first-order valence-electron chi connectivity index (χ1n) is 7.97. The second-order valence-corrected chi connectivity index (χ2v) is 6.42. The van der Waals surface area contributed by atoms with Gasteiger partial charge in [-0.05, 0) is 0 Å². The zero-order valence-electron chi connectivity index (χ0n) is 14.9. The Morgan fingerprint density at radius 3 is 1.52 bits per heavy atom. The molecule has 0 rings (SSSR count). The molecule has 0 aliphatic rings. The third kappa shape index (κ3) is 10.00. The van der Waals surface area contributed by atoms with E-state index in [-0.39, 0.29) is 11.5 Å². The molecule has 0 fully saturated rings. The first-order valence-corrected chi connectivity index (χ1v) is 9.24. The molecular weight excluding hydrogens is 432 g/mol. The monoisotopic (exact) mass is 454 g/mol. The van der Waals surface area contributed by atoms with Crippen LogP contribution in [0.25, 0.3) is 0 Å². The number of hydrogen-bond donors (Lipinski definition) is 9. The van der Waals surface area contributed by atoms with Gasteiger partial charge in [-0.1, -0.05) is 0 Å². The predicted octanol–water partition coefficient (Wildman–Crippen LogP) is -3.34. The van der Waals surface area contributed by atoms with Crippen LogP contribution in [0.4, 0.5) is 0 Å². The fourth-order valence-electron chi connectivity index (χ4n) is 1.87. The van der Waals surface area contributed by atoms with Crippen LogP contribution in [-0.2, 0) is 28.8 Å². The zero-order valence-corrected chi connectivity index (χ0v) is 16.7. The maximum atomic E-state index is 12.3. The summed E-state index contributed by atoms with van der Waals surface area (Å²) in [5, 5.41) is 32.7. The minimum absolute atomic E-state index is 0.229. The van der Waals surface area contributed by atoms with Crippen LogP contribution in [0.3, 0.4) is 0 Å². The quantitative estimate of drug-likeness (QED) is 0.126. The lowest BCUT2D eigenvalue weighted by atomic mass is 10.1. The average molecular weight is 454 g/mol. The molecule has 0 aromatic rings. The largest absolute Gasteiger partial charge is 0.481 e. The van der Waals surface area contributed by atoms with Crippen LogP contribution in [0, 0.1) is 0 Å². The van der Waals surface area contributed by atoms with E-state index >= 15 is 0 Å². The van der Waals surface area contributed by atoms with Gasteiger partial charge in [-0.2, -0.15) is 25.3 Å². The molecule has 15 heteroatoms. The number of amides is 3. The van der Waals surface area contributed by atoms with Crippen LogP contribution in [0.5, 0.6) is 0 Å². The van der Waals surface area contributed by atoms with Gasteiger partial charge in [0.25, 0.3) is 0 Å². The maximum Gasteiger partial charge on any atom is 0.327 e. The normalized spacial score (nSPS) is 14.6. The van der Waals surface area contributed by atoms with Gasteiger partial charge in [0.2, 0.25) is 17.7 Å². The van der Waals surface area contributed by atoms with Gasteiger partial charge < -0.3 is 37.0 Å². The molecule has 0 spiro atoms. The number of thiol groups is 2. The average Bonchev–Trinajstić information content (AvgIpc) is 2.61. The van der Waals surface area contributed by atoms with E-state index in [2.05, 4.69) is 35.9 Å². The molecule has 0 aliphatic heterocycles. The highest BCUT2D eigenvalue weighted by Gasteiger charge is 2.31. The second-order valence-electron chi connectivity index (χ2n) is 5.69. The number of carboxylic acid groups (broad SMARTS) is 3. The molecule has 3 amide bonds. The van der Waals surface area contributed by atoms with E-state index in [4.69, 9.17) is 21.1 Å². The second kappa shape index (κ2) is 12.8. The number of hydrogen-bond acceptors (Lipinski definition) is 9. The molecule has 0 saturated heterocycles. The minimum Gasteiger partial charge on any atom is -0.481 e. The molecule has 0 aromatic carbocycles. The Kier molecular flexibility index (Phi) is 11.7. The Bertz CT molecular complexity index is 661. The molecule has 13 nitrogen and oxygen atoms in total. The van der Waals surface area contributed by atoms with Crippen molar-refractivity contribution in [3.8, 4) is 0 Å². The fraction of sp³-hybridized carbons (Fsp3) is 0.571. The van der Waals surface area contributed by atoms with Crippen molar-refractivity contribution in [3.63, 3.8) is 0 Å². The number of nitrogens with two attached hydrogens (primary N) is 1. The van der Waals surface area contributed by atoms with Crippen LogP contribution in [-0.4, -0.2) is 86.6 Å². The summed E-state index contributed by atoms with van der Waals surface area (Å²) in [5.41, 5.74) is 5.36. The van der Waals surface area contributed by atoms with Crippen LogP contribution >= 0.6 is 25.3 Å². The SMILES string of the molecule is NC(CC(=O)O)C(=O)NC(CC(=O)O)C(=O)NC(CS)C(=O)NC(CS)C(=O)O. The molecule has 8 N–H and O–H groups in total. The Hall–Kier alpha value is -2.52. The van der Waals surface area contributed by atoms with E-state index < -0.39 is 72.6 Å². The maximum absolute atomic E-state index is 12.3. The van der Waals surface area contributed by atoms with Gasteiger partial charge in [-0.15, -0.1) is 0 Å². The Balaban J connectivity index is 5.20. The van der Waals surface area contributed by atoms with Crippen LogP contribution in [0.1, 0.15) is 12.8 Å². The van der Waals surface area contributed by atoms with E-state index in [0.29, 0.717) is 0 Å². The topological polar surface area (TPSA) is 225 Å². The van der Waals surface area contributed by atoms with Gasteiger partial charge in [-0.25, -0.2) is 4.79 Å². The highest BCUT2D eigenvalue weighted by molar-refractivity contribution is 7.80.